The van der Waals surface area contributed by atoms with E-state index in [9.17, 15) is 4.79 Å². The molecule has 3 aromatic rings. The van der Waals surface area contributed by atoms with E-state index in [1.165, 1.54) is 0 Å². The van der Waals surface area contributed by atoms with Gasteiger partial charge < -0.3 is 24.1 Å². The molecule has 1 N–H and O–H groups in total. The van der Waals surface area contributed by atoms with E-state index in [2.05, 4.69) is 10.5 Å². The lowest BCUT2D eigenvalue weighted by atomic mass is 10.1. The first-order valence-corrected chi connectivity index (χ1v) is 9.74. The molecule has 0 aliphatic carbocycles. The molecule has 0 fully saturated rings. The standard InChI is InChI=1S/C23H26N2O5/c1-5-28-21-11-6-17(12-22(21)27-4)13-24-23(26)18-7-9-19(10-8-18)29-14-20-15(2)25-30-16(20)3/h6-12H,5,13-14H2,1-4H3,(H,24,26). The summed E-state index contributed by atoms with van der Waals surface area (Å²) in [5.41, 5.74) is 3.22. The Hall–Kier alpha value is -3.48. The fraction of sp³-hybridized carbons (Fsp3) is 0.304. The van der Waals surface area contributed by atoms with Crippen molar-refractivity contribution in [1.82, 2.24) is 10.5 Å². The summed E-state index contributed by atoms with van der Waals surface area (Å²) in [5, 5.41) is 6.82. The van der Waals surface area contributed by atoms with Crippen molar-refractivity contribution < 1.29 is 23.5 Å². The third-order valence-electron chi connectivity index (χ3n) is 4.66. The second-order valence-corrected chi connectivity index (χ2v) is 6.72. The smallest absolute Gasteiger partial charge is 0.251 e. The Bertz CT molecular complexity index is 976. The Morgan fingerprint density at radius 3 is 2.47 bits per heavy atom. The molecule has 0 radical (unpaired) electrons. The van der Waals surface area contributed by atoms with Gasteiger partial charge in [0.1, 0.15) is 18.1 Å². The maximum Gasteiger partial charge on any atom is 0.251 e. The first-order chi connectivity index (χ1) is 14.5. The van der Waals surface area contributed by atoms with Gasteiger partial charge in [0.15, 0.2) is 11.5 Å². The number of benzene rings is 2. The predicted molar refractivity (Wildman–Crippen MR) is 112 cm³/mol. The first kappa shape index (κ1) is 21.2. The SMILES string of the molecule is CCOc1ccc(CNC(=O)c2ccc(OCc3c(C)noc3C)cc2)cc1OC. The van der Waals surface area contributed by atoms with Crippen LogP contribution < -0.4 is 19.5 Å². The molecule has 0 aliphatic rings. The predicted octanol–water partition coefficient (Wildman–Crippen LogP) is 4.21. The van der Waals surface area contributed by atoms with Crippen molar-refractivity contribution in [3.63, 3.8) is 0 Å². The fourth-order valence-corrected chi connectivity index (χ4v) is 2.95. The van der Waals surface area contributed by atoms with E-state index in [1.54, 1.807) is 31.4 Å². The Kier molecular flexibility index (Phi) is 6.95. The van der Waals surface area contributed by atoms with Crippen LogP contribution in [0.2, 0.25) is 0 Å². The third kappa shape index (κ3) is 5.11. The van der Waals surface area contributed by atoms with Crippen molar-refractivity contribution in [2.45, 2.75) is 33.9 Å². The van der Waals surface area contributed by atoms with E-state index >= 15 is 0 Å². The molecule has 0 unspecified atom stereocenters. The number of methoxy groups -OCH3 is 1. The van der Waals surface area contributed by atoms with E-state index in [0.717, 1.165) is 22.6 Å². The van der Waals surface area contributed by atoms with E-state index in [1.807, 2.05) is 39.0 Å². The summed E-state index contributed by atoms with van der Waals surface area (Å²) in [6.45, 7) is 6.96. The molecule has 3 rings (SSSR count). The highest BCUT2D eigenvalue weighted by Crippen LogP contribution is 2.28. The van der Waals surface area contributed by atoms with Gasteiger partial charge in [-0.05, 0) is 62.7 Å². The zero-order valence-electron chi connectivity index (χ0n) is 17.7. The average Bonchev–Trinajstić information content (AvgIpc) is 3.09. The van der Waals surface area contributed by atoms with Crippen LogP contribution in [0.25, 0.3) is 0 Å². The number of nitrogens with one attached hydrogen (secondary N) is 1. The van der Waals surface area contributed by atoms with Crippen molar-refractivity contribution in [2.75, 3.05) is 13.7 Å². The highest BCUT2D eigenvalue weighted by Gasteiger charge is 2.11. The zero-order chi connectivity index (χ0) is 21.5. The average molecular weight is 410 g/mol. The van der Waals surface area contributed by atoms with Gasteiger partial charge in [-0.25, -0.2) is 0 Å². The minimum atomic E-state index is -0.167. The van der Waals surface area contributed by atoms with E-state index in [4.69, 9.17) is 18.7 Å². The van der Waals surface area contributed by atoms with Crippen LogP contribution in [0.15, 0.2) is 47.0 Å². The van der Waals surface area contributed by atoms with Crippen molar-refractivity contribution in [2.24, 2.45) is 0 Å². The van der Waals surface area contributed by atoms with Gasteiger partial charge in [0.2, 0.25) is 0 Å². The molecule has 0 saturated heterocycles. The minimum Gasteiger partial charge on any atom is -0.493 e. The van der Waals surface area contributed by atoms with Gasteiger partial charge in [-0.15, -0.1) is 0 Å². The van der Waals surface area contributed by atoms with Crippen molar-refractivity contribution in [3.8, 4) is 17.2 Å². The normalized spacial score (nSPS) is 10.5. The largest absolute Gasteiger partial charge is 0.493 e. The number of hydrogen-bond acceptors (Lipinski definition) is 6. The van der Waals surface area contributed by atoms with Gasteiger partial charge in [0.25, 0.3) is 5.91 Å². The summed E-state index contributed by atoms with van der Waals surface area (Å²) in [7, 11) is 1.59. The van der Waals surface area contributed by atoms with Crippen molar-refractivity contribution in [1.29, 1.82) is 0 Å². The van der Waals surface area contributed by atoms with Crippen molar-refractivity contribution in [3.05, 3.63) is 70.6 Å². The number of hydrogen-bond donors (Lipinski definition) is 1. The molecule has 158 valence electrons. The van der Waals surface area contributed by atoms with Crippen LogP contribution in [0.5, 0.6) is 17.2 Å². The van der Waals surface area contributed by atoms with Crippen LogP contribution in [-0.4, -0.2) is 24.8 Å². The van der Waals surface area contributed by atoms with Crippen LogP contribution >= 0.6 is 0 Å². The highest BCUT2D eigenvalue weighted by atomic mass is 16.5. The van der Waals surface area contributed by atoms with Crippen LogP contribution in [0.3, 0.4) is 0 Å². The van der Waals surface area contributed by atoms with Crippen LogP contribution in [0.4, 0.5) is 0 Å². The fourth-order valence-electron chi connectivity index (χ4n) is 2.95. The lowest BCUT2D eigenvalue weighted by Crippen LogP contribution is -2.22. The summed E-state index contributed by atoms with van der Waals surface area (Å²) in [5.74, 6) is 2.57. The molecular weight excluding hydrogens is 384 g/mol. The highest BCUT2D eigenvalue weighted by molar-refractivity contribution is 5.94. The quantitative estimate of drug-likeness (QED) is 0.569. The number of aryl methyl sites for hydroxylation is 2. The summed E-state index contributed by atoms with van der Waals surface area (Å²) in [4.78, 5) is 12.5. The number of nitrogens with zero attached hydrogens (tertiary/aromatic N) is 1. The van der Waals surface area contributed by atoms with E-state index < -0.39 is 0 Å². The molecule has 0 saturated carbocycles. The Labute approximate surface area is 175 Å². The molecule has 7 nitrogen and oxygen atoms in total. The molecule has 0 bridgehead atoms. The van der Waals surface area contributed by atoms with Gasteiger partial charge in [-0.3, -0.25) is 4.79 Å². The molecule has 1 amide bonds. The summed E-state index contributed by atoms with van der Waals surface area (Å²) >= 11 is 0. The number of amides is 1. The van der Waals surface area contributed by atoms with Gasteiger partial charge in [-0.2, -0.15) is 0 Å². The lowest BCUT2D eigenvalue weighted by Gasteiger charge is -2.12. The number of aromatic nitrogens is 1. The molecule has 30 heavy (non-hydrogen) atoms. The summed E-state index contributed by atoms with van der Waals surface area (Å²) in [6.07, 6.45) is 0. The Morgan fingerprint density at radius 2 is 1.83 bits per heavy atom. The number of ether oxygens (including phenoxy) is 3. The number of carbonyl (C=O) groups excluding carboxylic acids is 1. The zero-order valence-corrected chi connectivity index (χ0v) is 17.7. The summed E-state index contributed by atoms with van der Waals surface area (Å²) < 4.78 is 21.8. The monoisotopic (exact) mass is 410 g/mol. The third-order valence-corrected chi connectivity index (χ3v) is 4.66. The van der Waals surface area contributed by atoms with Gasteiger partial charge in [-0.1, -0.05) is 11.2 Å². The Morgan fingerprint density at radius 1 is 1.07 bits per heavy atom. The molecule has 1 aromatic heterocycles. The van der Waals surface area contributed by atoms with Gasteiger partial charge in [0, 0.05) is 12.1 Å². The number of carbonyl (C=O) groups is 1. The molecule has 0 atom stereocenters. The lowest BCUT2D eigenvalue weighted by molar-refractivity contribution is 0.0951. The topological polar surface area (TPSA) is 82.8 Å². The van der Waals surface area contributed by atoms with Crippen LogP contribution in [0, 0.1) is 13.8 Å². The van der Waals surface area contributed by atoms with E-state index in [0.29, 0.717) is 42.6 Å². The van der Waals surface area contributed by atoms with Crippen LogP contribution in [-0.2, 0) is 13.2 Å². The van der Waals surface area contributed by atoms with Crippen molar-refractivity contribution >= 4 is 5.91 Å². The minimum absolute atomic E-state index is 0.167. The van der Waals surface area contributed by atoms with E-state index in [-0.39, 0.29) is 5.91 Å². The molecule has 1 heterocycles. The Balaban J connectivity index is 1.56. The maximum absolute atomic E-state index is 12.5. The first-order valence-electron chi connectivity index (χ1n) is 9.74. The van der Waals surface area contributed by atoms with Gasteiger partial charge in [0.05, 0.1) is 25.0 Å². The molecule has 7 heteroatoms. The second-order valence-electron chi connectivity index (χ2n) is 6.72. The molecule has 0 spiro atoms. The second kappa shape index (κ2) is 9.82. The molecular formula is C23H26N2O5. The maximum atomic E-state index is 12.5. The summed E-state index contributed by atoms with van der Waals surface area (Å²) in [6, 6.07) is 12.6. The number of rotatable bonds is 9. The van der Waals surface area contributed by atoms with Gasteiger partial charge >= 0.3 is 0 Å². The molecule has 2 aromatic carbocycles. The van der Waals surface area contributed by atoms with Crippen LogP contribution in [0.1, 0.15) is 39.9 Å². The molecule has 0 aliphatic heterocycles.